The molecule has 0 aliphatic heterocycles. The van der Waals surface area contributed by atoms with Gasteiger partial charge >= 0.3 is 0 Å². The summed E-state index contributed by atoms with van der Waals surface area (Å²) < 4.78 is 0.975. The third kappa shape index (κ3) is 2.14. The van der Waals surface area contributed by atoms with Gasteiger partial charge in [0.05, 0.1) is 11.2 Å². The normalized spacial score (nSPS) is 10.8. The van der Waals surface area contributed by atoms with Crippen molar-refractivity contribution in [3.8, 4) is 11.3 Å². The lowest BCUT2D eigenvalue weighted by Gasteiger charge is -2.06. The molecule has 0 radical (unpaired) electrons. The molecule has 3 aromatic rings. The number of aromatic nitrogens is 1. The van der Waals surface area contributed by atoms with Crippen molar-refractivity contribution in [2.75, 3.05) is 0 Å². The summed E-state index contributed by atoms with van der Waals surface area (Å²) in [5.41, 5.74) is 2.99. The molecule has 0 aliphatic rings. The summed E-state index contributed by atoms with van der Waals surface area (Å²) in [6.07, 6.45) is 0. The Kier molecular flexibility index (Phi) is 3.06. The van der Waals surface area contributed by atoms with Gasteiger partial charge in [0.25, 0.3) is 0 Å². The molecule has 0 saturated carbocycles. The number of fused-ring (bicyclic) bond motifs is 1. The van der Waals surface area contributed by atoms with Gasteiger partial charge in [0.2, 0.25) is 0 Å². The summed E-state index contributed by atoms with van der Waals surface area (Å²) in [4.78, 5) is 4.68. The van der Waals surface area contributed by atoms with Crippen LogP contribution in [0.5, 0.6) is 0 Å². The number of rotatable bonds is 1. The highest BCUT2D eigenvalue weighted by Crippen LogP contribution is 2.30. The predicted molar refractivity (Wildman–Crippen MR) is 79.9 cm³/mol. The quantitative estimate of drug-likeness (QED) is 0.592. The predicted octanol–water partition coefficient (Wildman–Crippen LogP) is 5.32. The van der Waals surface area contributed by atoms with Gasteiger partial charge in [-0.25, -0.2) is 4.98 Å². The lowest BCUT2D eigenvalue weighted by molar-refractivity contribution is 1.38. The second kappa shape index (κ2) is 4.71. The Bertz CT molecular complexity index is 710. The molecule has 0 unspecified atom stereocenters. The number of pyridine rings is 1. The van der Waals surface area contributed by atoms with Crippen LogP contribution in [0.1, 0.15) is 0 Å². The summed E-state index contributed by atoms with van der Waals surface area (Å²) >= 11 is 9.56. The Morgan fingerprint density at radius 1 is 0.944 bits per heavy atom. The molecule has 0 N–H and O–H groups in total. The molecule has 1 heterocycles. The first-order chi connectivity index (χ1) is 8.74. The molecular weight excluding hydrogens is 310 g/mol. The average molecular weight is 319 g/mol. The summed E-state index contributed by atoms with van der Waals surface area (Å²) in [7, 11) is 0. The first kappa shape index (κ1) is 11.7. The SMILES string of the molecule is Clc1ccc2nc(-c3ccccc3)c(Br)cc2c1. The van der Waals surface area contributed by atoms with Crippen molar-refractivity contribution in [1.82, 2.24) is 4.98 Å². The Balaban J connectivity index is 2.25. The van der Waals surface area contributed by atoms with Crippen molar-refractivity contribution in [2.45, 2.75) is 0 Å². The largest absolute Gasteiger partial charge is 0.247 e. The zero-order chi connectivity index (χ0) is 12.5. The van der Waals surface area contributed by atoms with Crippen molar-refractivity contribution in [1.29, 1.82) is 0 Å². The number of nitrogens with zero attached hydrogens (tertiary/aromatic N) is 1. The molecule has 0 fully saturated rings. The Labute approximate surface area is 119 Å². The fourth-order valence-electron chi connectivity index (χ4n) is 1.92. The van der Waals surface area contributed by atoms with Gasteiger partial charge in [0.1, 0.15) is 0 Å². The zero-order valence-electron chi connectivity index (χ0n) is 9.40. The molecule has 0 amide bonds. The Hall–Kier alpha value is -1.38. The lowest BCUT2D eigenvalue weighted by Crippen LogP contribution is -1.87. The molecule has 0 atom stereocenters. The van der Waals surface area contributed by atoms with Gasteiger partial charge in [0, 0.05) is 20.4 Å². The molecule has 18 heavy (non-hydrogen) atoms. The molecule has 3 heteroatoms. The van der Waals surface area contributed by atoms with Gasteiger partial charge in [-0.15, -0.1) is 0 Å². The molecule has 2 aromatic carbocycles. The van der Waals surface area contributed by atoms with E-state index >= 15 is 0 Å². The van der Waals surface area contributed by atoms with E-state index in [1.807, 2.05) is 36.4 Å². The van der Waals surface area contributed by atoms with Crippen LogP contribution in [0.2, 0.25) is 5.02 Å². The Morgan fingerprint density at radius 3 is 2.50 bits per heavy atom. The third-order valence-electron chi connectivity index (χ3n) is 2.78. The van der Waals surface area contributed by atoms with Crippen LogP contribution in [0.25, 0.3) is 22.2 Å². The van der Waals surface area contributed by atoms with Gasteiger partial charge in [-0.3, -0.25) is 0 Å². The van der Waals surface area contributed by atoms with E-state index < -0.39 is 0 Å². The lowest BCUT2D eigenvalue weighted by atomic mass is 10.1. The Morgan fingerprint density at radius 2 is 1.72 bits per heavy atom. The smallest absolute Gasteiger partial charge is 0.0851 e. The monoisotopic (exact) mass is 317 g/mol. The second-order valence-corrected chi connectivity index (χ2v) is 5.31. The minimum atomic E-state index is 0.726. The van der Waals surface area contributed by atoms with Crippen LogP contribution >= 0.6 is 27.5 Å². The maximum absolute atomic E-state index is 5.98. The summed E-state index contributed by atoms with van der Waals surface area (Å²) in [6.45, 7) is 0. The minimum absolute atomic E-state index is 0.726. The third-order valence-corrected chi connectivity index (χ3v) is 3.62. The number of hydrogen-bond donors (Lipinski definition) is 0. The van der Waals surface area contributed by atoms with Crippen LogP contribution in [0.3, 0.4) is 0 Å². The zero-order valence-corrected chi connectivity index (χ0v) is 11.7. The molecular formula is C15H9BrClN. The molecule has 0 aliphatic carbocycles. The highest BCUT2D eigenvalue weighted by molar-refractivity contribution is 9.10. The van der Waals surface area contributed by atoms with E-state index in [0.717, 1.165) is 31.7 Å². The number of hydrogen-bond acceptors (Lipinski definition) is 1. The second-order valence-electron chi connectivity index (χ2n) is 4.02. The average Bonchev–Trinajstić information content (AvgIpc) is 2.39. The van der Waals surface area contributed by atoms with Crippen LogP contribution in [0.15, 0.2) is 59.1 Å². The fraction of sp³-hybridized carbons (Fsp3) is 0. The van der Waals surface area contributed by atoms with Gasteiger partial charge in [-0.05, 0) is 40.2 Å². The van der Waals surface area contributed by atoms with Crippen LogP contribution < -0.4 is 0 Å². The topological polar surface area (TPSA) is 12.9 Å². The van der Waals surface area contributed by atoms with Gasteiger partial charge in [0.15, 0.2) is 0 Å². The number of benzene rings is 2. The maximum Gasteiger partial charge on any atom is 0.0851 e. The maximum atomic E-state index is 5.98. The van der Waals surface area contributed by atoms with Crippen LogP contribution in [0, 0.1) is 0 Å². The van der Waals surface area contributed by atoms with E-state index in [4.69, 9.17) is 11.6 Å². The number of halogens is 2. The fourth-order valence-corrected chi connectivity index (χ4v) is 2.66. The van der Waals surface area contributed by atoms with Crippen molar-refractivity contribution in [2.24, 2.45) is 0 Å². The highest BCUT2D eigenvalue weighted by atomic mass is 79.9. The van der Waals surface area contributed by atoms with E-state index in [-0.39, 0.29) is 0 Å². The van der Waals surface area contributed by atoms with Crippen molar-refractivity contribution < 1.29 is 0 Å². The van der Waals surface area contributed by atoms with Crippen LogP contribution in [-0.4, -0.2) is 4.98 Å². The summed E-state index contributed by atoms with van der Waals surface area (Å²) in [6, 6.07) is 17.9. The van der Waals surface area contributed by atoms with Crippen molar-refractivity contribution >= 4 is 38.4 Å². The van der Waals surface area contributed by atoms with E-state index in [2.05, 4.69) is 39.1 Å². The summed E-state index contributed by atoms with van der Waals surface area (Å²) in [5.74, 6) is 0. The first-order valence-corrected chi connectivity index (χ1v) is 6.72. The van der Waals surface area contributed by atoms with Crippen molar-refractivity contribution in [3.05, 3.63) is 64.1 Å². The molecule has 0 saturated heterocycles. The first-order valence-electron chi connectivity index (χ1n) is 5.55. The molecule has 0 spiro atoms. The van der Waals surface area contributed by atoms with E-state index in [1.54, 1.807) is 0 Å². The molecule has 3 rings (SSSR count). The summed E-state index contributed by atoms with van der Waals surface area (Å²) in [5, 5.41) is 1.76. The van der Waals surface area contributed by atoms with Crippen molar-refractivity contribution in [3.63, 3.8) is 0 Å². The molecule has 88 valence electrons. The van der Waals surface area contributed by atoms with Gasteiger partial charge in [-0.2, -0.15) is 0 Å². The molecule has 1 aromatic heterocycles. The van der Waals surface area contributed by atoms with Crippen LogP contribution in [-0.2, 0) is 0 Å². The molecule has 0 bridgehead atoms. The standard InChI is InChI=1S/C15H9BrClN/c16-13-9-11-8-12(17)6-7-14(11)18-15(13)10-4-2-1-3-5-10/h1-9H. The van der Waals surface area contributed by atoms with E-state index in [1.165, 1.54) is 0 Å². The van der Waals surface area contributed by atoms with E-state index in [9.17, 15) is 0 Å². The van der Waals surface area contributed by atoms with E-state index in [0.29, 0.717) is 0 Å². The minimum Gasteiger partial charge on any atom is -0.247 e. The van der Waals surface area contributed by atoms with Gasteiger partial charge in [-0.1, -0.05) is 41.9 Å². The van der Waals surface area contributed by atoms with Crippen LogP contribution in [0.4, 0.5) is 0 Å². The van der Waals surface area contributed by atoms with Gasteiger partial charge < -0.3 is 0 Å². The molecule has 1 nitrogen and oxygen atoms in total. The highest BCUT2D eigenvalue weighted by Gasteiger charge is 2.07.